The van der Waals surface area contributed by atoms with Crippen molar-refractivity contribution in [3.05, 3.63) is 97.6 Å². The van der Waals surface area contributed by atoms with Crippen LogP contribution >= 0.6 is 27.3 Å². The van der Waals surface area contributed by atoms with Gasteiger partial charge in [0.1, 0.15) is 18.5 Å². The Labute approximate surface area is 220 Å². The maximum absolute atomic E-state index is 12.9. The zero-order valence-electron chi connectivity index (χ0n) is 19.4. The summed E-state index contributed by atoms with van der Waals surface area (Å²) in [4.78, 5) is 36.5. The van der Waals surface area contributed by atoms with Gasteiger partial charge in [0.25, 0.3) is 0 Å². The summed E-state index contributed by atoms with van der Waals surface area (Å²) in [7, 11) is 0. The van der Waals surface area contributed by atoms with E-state index in [-0.39, 0.29) is 23.7 Å². The normalized spacial score (nSPS) is 11.9. The van der Waals surface area contributed by atoms with Gasteiger partial charge in [-0.25, -0.2) is 0 Å². The van der Waals surface area contributed by atoms with Crippen LogP contribution < -0.4 is 14.7 Å². The highest BCUT2D eigenvalue weighted by Gasteiger charge is 2.14. The maximum Gasteiger partial charge on any atom is 0.308 e. The number of carboxylic acid groups (broad SMARTS) is 1. The summed E-state index contributed by atoms with van der Waals surface area (Å²) in [6.07, 6.45) is -0.787. The summed E-state index contributed by atoms with van der Waals surface area (Å²) < 4.78 is 14.2. The molecule has 1 atom stereocenters. The van der Waals surface area contributed by atoms with E-state index in [9.17, 15) is 19.5 Å². The molecule has 0 bridgehead atoms. The molecule has 0 aliphatic heterocycles. The van der Waals surface area contributed by atoms with E-state index in [1.807, 2.05) is 12.1 Å². The Morgan fingerprint density at radius 1 is 1.06 bits per heavy atom. The van der Waals surface area contributed by atoms with E-state index in [0.29, 0.717) is 30.0 Å². The molecule has 0 fully saturated rings. The number of carboxylic acids is 1. The van der Waals surface area contributed by atoms with Gasteiger partial charge in [0.05, 0.1) is 22.7 Å². The van der Waals surface area contributed by atoms with Crippen LogP contribution in [0.4, 0.5) is 0 Å². The number of ketones is 1. The number of rotatable bonds is 11. The van der Waals surface area contributed by atoms with E-state index in [4.69, 9.17) is 9.47 Å². The molecule has 1 unspecified atom stereocenters. The van der Waals surface area contributed by atoms with Crippen LogP contribution in [0.15, 0.2) is 76.0 Å². The van der Waals surface area contributed by atoms with E-state index in [1.165, 1.54) is 0 Å². The minimum atomic E-state index is -1.24. The molecule has 186 valence electrons. The van der Waals surface area contributed by atoms with E-state index >= 15 is 0 Å². The van der Waals surface area contributed by atoms with Gasteiger partial charge in [0.15, 0.2) is 5.78 Å². The average Bonchev–Trinajstić information content (AvgIpc) is 3.18. The Morgan fingerprint density at radius 2 is 1.81 bits per heavy atom. The third kappa shape index (κ3) is 6.10. The van der Waals surface area contributed by atoms with Crippen LogP contribution in [0.25, 0.3) is 10.2 Å². The van der Waals surface area contributed by atoms with E-state index in [0.717, 1.165) is 31.6 Å². The first-order valence-electron chi connectivity index (χ1n) is 11.3. The molecule has 0 saturated heterocycles. The van der Waals surface area contributed by atoms with Crippen LogP contribution in [0.3, 0.4) is 0 Å². The summed E-state index contributed by atoms with van der Waals surface area (Å²) in [5.74, 6) is -0.741. The molecule has 4 rings (SSSR count). The molecule has 1 aromatic heterocycles. The molecule has 36 heavy (non-hydrogen) atoms. The summed E-state index contributed by atoms with van der Waals surface area (Å²) in [6, 6.07) is 19.5. The number of halogens is 1. The molecular formula is C27H23BrNO6S-. The Kier molecular flexibility index (Phi) is 8.35. The summed E-state index contributed by atoms with van der Waals surface area (Å²) in [5, 5.41) is 11.2. The molecule has 9 heteroatoms. The number of benzene rings is 3. The van der Waals surface area contributed by atoms with Gasteiger partial charge in [-0.3, -0.25) is 14.2 Å². The van der Waals surface area contributed by atoms with E-state index in [2.05, 4.69) is 15.9 Å². The first kappa shape index (κ1) is 25.8. The topological polar surface area (TPSA) is 97.7 Å². The third-order valence-corrected chi connectivity index (χ3v) is 7.01. The standard InChI is InChI=1S/C27H24BrNO6S/c1-2-34-23(26(31)32)14-17-6-9-21(10-7-17)35-13-12-29-22-11-8-19(16-24(22)36-27(29)33)25(30)18-4-3-5-20(28)15-18/h3-11,15-16,23H,2,12-14H2,1H3,(H,31,32)/p-1. The summed E-state index contributed by atoms with van der Waals surface area (Å²) in [6.45, 7) is 2.64. The fraction of sp³-hybridized carbons (Fsp3) is 0.222. The largest absolute Gasteiger partial charge is 0.547 e. The molecule has 4 aromatic rings. The molecule has 7 nitrogen and oxygen atoms in total. The van der Waals surface area contributed by atoms with Crippen LogP contribution in [0.5, 0.6) is 5.75 Å². The fourth-order valence-corrected chi connectivity index (χ4v) is 5.17. The lowest BCUT2D eigenvalue weighted by Crippen LogP contribution is -2.39. The van der Waals surface area contributed by atoms with Gasteiger partial charge in [-0.15, -0.1) is 0 Å². The lowest BCUT2D eigenvalue weighted by atomic mass is 10.0. The Balaban J connectivity index is 1.40. The number of aromatic nitrogens is 1. The first-order chi connectivity index (χ1) is 17.4. The number of carbonyl (C=O) groups is 2. The van der Waals surface area contributed by atoms with Gasteiger partial charge in [-0.1, -0.05) is 51.5 Å². The van der Waals surface area contributed by atoms with Gasteiger partial charge in [-0.2, -0.15) is 0 Å². The molecule has 0 aliphatic rings. The highest BCUT2D eigenvalue weighted by Crippen LogP contribution is 2.22. The molecule has 0 amide bonds. The van der Waals surface area contributed by atoms with Gasteiger partial charge in [-0.05, 0) is 55.0 Å². The Bertz CT molecular complexity index is 1440. The van der Waals surface area contributed by atoms with Crippen LogP contribution in [-0.2, 0) is 22.5 Å². The zero-order chi connectivity index (χ0) is 25.7. The fourth-order valence-electron chi connectivity index (χ4n) is 3.82. The number of hydrogen-bond donors (Lipinski definition) is 0. The maximum atomic E-state index is 12.9. The minimum Gasteiger partial charge on any atom is -0.547 e. The van der Waals surface area contributed by atoms with Crippen molar-refractivity contribution >= 4 is 49.2 Å². The molecule has 0 spiro atoms. The summed E-state index contributed by atoms with van der Waals surface area (Å²) >= 11 is 4.48. The number of nitrogens with zero attached hydrogens (tertiary/aromatic N) is 1. The number of aliphatic carboxylic acids is 1. The van der Waals surface area contributed by atoms with Crippen LogP contribution in [0.1, 0.15) is 28.4 Å². The Hall–Kier alpha value is -3.27. The Morgan fingerprint density at radius 3 is 2.50 bits per heavy atom. The molecule has 0 saturated carbocycles. The highest BCUT2D eigenvalue weighted by atomic mass is 79.9. The zero-order valence-corrected chi connectivity index (χ0v) is 21.8. The van der Waals surface area contributed by atoms with Gasteiger partial charge in [0, 0.05) is 28.6 Å². The SMILES string of the molecule is CCOC(Cc1ccc(OCCn2c(=O)sc3cc(C(=O)c4cccc(Br)c4)ccc32)cc1)C(=O)[O-]. The summed E-state index contributed by atoms with van der Waals surface area (Å²) in [5.41, 5.74) is 2.64. The second-order valence-electron chi connectivity index (χ2n) is 8.00. The quantitative estimate of drug-likeness (QED) is 0.255. The lowest BCUT2D eigenvalue weighted by molar-refractivity contribution is -0.316. The lowest BCUT2D eigenvalue weighted by Gasteiger charge is -2.18. The number of thiazole rings is 1. The van der Waals surface area contributed by atoms with Gasteiger partial charge in [0.2, 0.25) is 0 Å². The van der Waals surface area contributed by atoms with Crippen LogP contribution in [0, 0.1) is 0 Å². The number of ether oxygens (including phenoxy) is 2. The molecule has 0 N–H and O–H groups in total. The van der Waals surface area contributed by atoms with Gasteiger partial charge >= 0.3 is 4.87 Å². The van der Waals surface area contributed by atoms with E-state index < -0.39 is 12.1 Å². The average molecular weight is 569 g/mol. The smallest absolute Gasteiger partial charge is 0.308 e. The highest BCUT2D eigenvalue weighted by molar-refractivity contribution is 9.10. The first-order valence-corrected chi connectivity index (χ1v) is 12.9. The predicted octanol–water partition coefficient (Wildman–Crippen LogP) is 3.83. The minimum absolute atomic E-state index is 0.107. The molecule has 1 heterocycles. The van der Waals surface area contributed by atoms with Crippen molar-refractivity contribution in [2.45, 2.75) is 26.0 Å². The van der Waals surface area contributed by atoms with Crippen molar-refractivity contribution in [2.24, 2.45) is 0 Å². The third-order valence-electron chi connectivity index (χ3n) is 5.58. The van der Waals surface area contributed by atoms with Crippen molar-refractivity contribution in [3.63, 3.8) is 0 Å². The van der Waals surface area contributed by atoms with Crippen molar-refractivity contribution in [1.82, 2.24) is 4.57 Å². The number of hydrogen-bond acceptors (Lipinski definition) is 7. The van der Waals surface area contributed by atoms with Crippen LogP contribution in [-0.4, -0.2) is 35.6 Å². The number of carbonyl (C=O) groups excluding carboxylic acids is 2. The van der Waals surface area contributed by atoms with Gasteiger partial charge < -0.3 is 19.4 Å². The van der Waals surface area contributed by atoms with Crippen molar-refractivity contribution in [3.8, 4) is 5.75 Å². The van der Waals surface area contributed by atoms with Crippen molar-refractivity contribution in [2.75, 3.05) is 13.2 Å². The van der Waals surface area contributed by atoms with Crippen molar-refractivity contribution < 1.29 is 24.2 Å². The van der Waals surface area contributed by atoms with Crippen molar-refractivity contribution in [1.29, 1.82) is 0 Å². The second-order valence-corrected chi connectivity index (χ2v) is 9.91. The molecule has 3 aromatic carbocycles. The van der Waals surface area contributed by atoms with E-state index in [1.54, 1.807) is 66.1 Å². The molecular weight excluding hydrogens is 546 g/mol. The second kappa shape index (κ2) is 11.6. The monoisotopic (exact) mass is 568 g/mol. The predicted molar refractivity (Wildman–Crippen MR) is 140 cm³/mol. The van der Waals surface area contributed by atoms with Crippen LogP contribution in [0.2, 0.25) is 0 Å². The molecule has 0 radical (unpaired) electrons. The molecule has 0 aliphatic carbocycles. The number of fused-ring (bicyclic) bond motifs is 1.